The first-order chi connectivity index (χ1) is 7.16. The third kappa shape index (κ3) is 10.8. The average Bonchev–Trinajstić information content (AvgIpc) is 2.17. The number of rotatable bonds is 7. The molecule has 0 fully saturated rings. The molecular weight excluding hydrogens is 190 g/mol. The number of carbonyl (C=O) groups excluding carboxylic acids is 1. The second-order valence-electron chi connectivity index (χ2n) is 3.56. The molecule has 0 aliphatic heterocycles. The van der Waals surface area contributed by atoms with Gasteiger partial charge in [0.1, 0.15) is 0 Å². The number of esters is 1. The fraction of sp³-hybridized carbons (Fsp3) is 0.583. The van der Waals surface area contributed by atoms with Crippen molar-refractivity contribution >= 4 is 5.97 Å². The lowest BCUT2D eigenvalue weighted by Gasteiger charge is -2.08. The number of hydrogen-bond donors (Lipinski definition) is 0. The van der Waals surface area contributed by atoms with Crippen molar-refractivity contribution < 1.29 is 9.53 Å². The number of allylic oxidation sites excluding steroid dienone is 3. The number of unbranched alkanes of at least 4 members (excludes halogenated alkanes) is 1. The molecule has 0 aliphatic rings. The van der Waals surface area contributed by atoms with Crippen LogP contribution in [0, 0.1) is 0 Å². The highest BCUT2D eigenvalue weighted by Gasteiger charge is 1.96. The first-order valence-electron chi connectivity index (χ1n) is 5.27. The molecule has 0 saturated carbocycles. The largest absolute Gasteiger partial charge is 0.463 e. The van der Waals surface area contributed by atoms with Crippen molar-refractivity contribution in [2.24, 2.45) is 0 Å². The third-order valence-corrected chi connectivity index (χ3v) is 1.78. The average molecular weight is 211 g/mol. The normalized spacial score (nSPS) is 11.7. The molecule has 0 rings (SSSR count). The number of nitrogens with zero attached hydrogens (tertiary/aromatic N) is 1. The standard InChI is InChI=1S/C12H21NO2/c1-4-5-6-9-12(14)15-11-8-7-10-13(2)3/h4-6,9H,7-8,10-11H2,1-3H3. The van der Waals surface area contributed by atoms with Gasteiger partial charge in [0.15, 0.2) is 0 Å². The maximum atomic E-state index is 11.1. The quantitative estimate of drug-likeness (QED) is 0.279. The molecule has 0 aromatic carbocycles. The smallest absolute Gasteiger partial charge is 0.330 e. The Labute approximate surface area is 92.4 Å². The van der Waals surface area contributed by atoms with E-state index in [1.54, 1.807) is 12.2 Å². The fourth-order valence-electron chi connectivity index (χ4n) is 0.996. The van der Waals surface area contributed by atoms with Gasteiger partial charge in [0.25, 0.3) is 0 Å². The lowest BCUT2D eigenvalue weighted by Crippen LogP contribution is -2.13. The molecule has 0 atom stereocenters. The number of ether oxygens (including phenoxy) is 1. The monoisotopic (exact) mass is 211 g/mol. The SMILES string of the molecule is CC=CC=CC(=O)OCCCCN(C)C. The second-order valence-corrected chi connectivity index (χ2v) is 3.56. The fourth-order valence-corrected chi connectivity index (χ4v) is 0.996. The minimum Gasteiger partial charge on any atom is -0.463 e. The van der Waals surface area contributed by atoms with E-state index in [-0.39, 0.29) is 5.97 Å². The van der Waals surface area contributed by atoms with Crippen molar-refractivity contribution in [3.8, 4) is 0 Å². The summed E-state index contributed by atoms with van der Waals surface area (Å²) in [5.41, 5.74) is 0. The van der Waals surface area contributed by atoms with E-state index in [0.717, 1.165) is 19.4 Å². The zero-order valence-corrected chi connectivity index (χ0v) is 9.90. The summed E-state index contributed by atoms with van der Waals surface area (Å²) < 4.78 is 4.99. The van der Waals surface area contributed by atoms with Gasteiger partial charge in [-0.3, -0.25) is 0 Å². The summed E-state index contributed by atoms with van der Waals surface area (Å²) in [4.78, 5) is 13.2. The van der Waals surface area contributed by atoms with Crippen LogP contribution in [-0.4, -0.2) is 38.1 Å². The zero-order chi connectivity index (χ0) is 11.5. The molecule has 0 bridgehead atoms. The van der Waals surface area contributed by atoms with Crippen molar-refractivity contribution in [2.75, 3.05) is 27.2 Å². The Balaban J connectivity index is 3.39. The molecule has 0 N–H and O–H groups in total. The topological polar surface area (TPSA) is 29.5 Å². The highest BCUT2D eigenvalue weighted by Crippen LogP contribution is 1.93. The first kappa shape index (κ1) is 13.9. The lowest BCUT2D eigenvalue weighted by atomic mass is 10.3. The van der Waals surface area contributed by atoms with Crippen LogP contribution < -0.4 is 0 Å². The Morgan fingerprint density at radius 3 is 2.60 bits per heavy atom. The second kappa shape index (κ2) is 9.46. The van der Waals surface area contributed by atoms with E-state index in [2.05, 4.69) is 4.90 Å². The highest BCUT2D eigenvalue weighted by molar-refractivity contribution is 5.82. The van der Waals surface area contributed by atoms with E-state index in [1.165, 1.54) is 6.08 Å². The minimum absolute atomic E-state index is 0.266. The van der Waals surface area contributed by atoms with Crippen LogP contribution in [0.25, 0.3) is 0 Å². The number of hydrogen-bond acceptors (Lipinski definition) is 3. The van der Waals surface area contributed by atoms with Gasteiger partial charge in [-0.15, -0.1) is 0 Å². The lowest BCUT2D eigenvalue weighted by molar-refractivity contribution is -0.137. The molecular formula is C12H21NO2. The van der Waals surface area contributed by atoms with Gasteiger partial charge in [0, 0.05) is 6.08 Å². The van der Waals surface area contributed by atoms with Gasteiger partial charge in [0.2, 0.25) is 0 Å². The van der Waals surface area contributed by atoms with Gasteiger partial charge in [-0.05, 0) is 40.4 Å². The predicted octanol–water partition coefficient (Wildman–Crippen LogP) is 2.00. The van der Waals surface area contributed by atoms with Crippen LogP contribution in [0.15, 0.2) is 24.3 Å². The highest BCUT2D eigenvalue weighted by atomic mass is 16.5. The molecule has 0 radical (unpaired) electrons. The Kier molecular flexibility index (Phi) is 8.78. The summed E-state index contributed by atoms with van der Waals surface area (Å²) in [7, 11) is 4.07. The van der Waals surface area contributed by atoms with Crippen LogP contribution in [0.1, 0.15) is 19.8 Å². The van der Waals surface area contributed by atoms with Gasteiger partial charge in [-0.2, -0.15) is 0 Å². The van der Waals surface area contributed by atoms with E-state index in [0.29, 0.717) is 6.61 Å². The first-order valence-corrected chi connectivity index (χ1v) is 5.27. The van der Waals surface area contributed by atoms with Crippen molar-refractivity contribution in [3.63, 3.8) is 0 Å². The zero-order valence-electron chi connectivity index (χ0n) is 9.90. The molecule has 0 heterocycles. The van der Waals surface area contributed by atoms with Gasteiger partial charge in [-0.1, -0.05) is 18.2 Å². The summed E-state index contributed by atoms with van der Waals surface area (Å²) in [6.45, 7) is 3.44. The summed E-state index contributed by atoms with van der Waals surface area (Å²) >= 11 is 0. The van der Waals surface area contributed by atoms with Crippen LogP contribution in [-0.2, 0) is 9.53 Å². The summed E-state index contributed by atoms with van der Waals surface area (Å²) in [5.74, 6) is -0.266. The van der Waals surface area contributed by atoms with Crippen molar-refractivity contribution in [3.05, 3.63) is 24.3 Å². The van der Waals surface area contributed by atoms with E-state index in [4.69, 9.17) is 4.74 Å². The van der Waals surface area contributed by atoms with Gasteiger partial charge in [0.05, 0.1) is 6.61 Å². The third-order valence-electron chi connectivity index (χ3n) is 1.78. The van der Waals surface area contributed by atoms with E-state index in [1.807, 2.05) is 27.1 Å². The molecule has 0 aliphatic carbocycles. The van der Waals surface area contributed by atoms with Crippen LogP contribution >= 0.6 is 0 Å². The summed E-state index contributed by atoms with van der Waals surface area (Å²) in [6.07, 6.45) is 8.75. The molecule has 3 heteroatoms. The molecule has 15 heavy (non-hydrogen) atoms. The Bertz CT molecular complexity index is 220. The van der Waals surface area contributed by atoms with Crippen LogP contribution in [0.5, 0.6) is 0 Å². The van der Waals surface area contributed by atoms with Crippen molar-refractivity contribution in [1.82, 2.24) is 4.90 Å². The van der Waals surface area contributed by atoms with Crippen LogP contribution in [0.2, 0.25) is 0 Å². The molecule has 0 amide bonds. The van der Waals surface area contributed by atoms with Gasteiger partial charge < -0.3 is 9.64 Å². The molecule has 0 saturated heterocycles. The Morgan fingerprint density at radius 1 is 1.27 bits per heavy atom. The van der Waals surface area contributed by atoms with E-state index in [9.17, 15) is 4.79 Å². The van der Waals surface area contributed by atoms with Crippen molar-refractivity contribution in [2.45, 2.75) is 19.8 Å². The maximum Gasteiger partial charge on any atom is 0.330 e. The maximum absolute atomic E-state index is 11.1. The molecule has 0 spiro atoms. The van der Waals surface area contributed by atoms with Crippen LogP contribution in [0.3, 0.4) is 0 Å². The van der Waals surface area contributed by atoms with Crippen molar-refractivity contribution in [1.29, 1.82) is 0 Å². The number of carbonyl (C=O) groups is 1. The summed E-state index contributed by atoms with van der Waals surface area (Å²) in [6, 6.07) is 0. The minimum atomic E-state index is -0.266. The Morgan fingerprint density at radius 2 is 2.00 bits per heavy atom. The molecule has 3 nitrogen and oxygen atoms in total. The summed E-state index contributed by atoms with van der Waals surface area (Å²) in [5, 5.41) is 0. The van der Waals surface area contributed by atoms with E-state index >= 15 is 0 Å². The molecule has 0 aromatic heterocycles. The molecule has 0 unspecified atom stereocenters. The van der Waals surface area contributed by atoms with Crippen LogP contribution in [0.4, 0.5) is 0 Å². The molecule has 86 valence electrons. The van der Waals surface area contributed by atoms with Gasteiger partial charge >= 0.3 is 5.97 Å². The van der Waals surface area contributed by atoms with Gasteiger partial charge in [-0.25, -0.2) is 4.79 Å². The Hall–Kier alpha value is -1.09. The molecule has 0 aromatic rings. The predicted molar refractivity (Wildman–Crippen MR) is 62.7 cm³/mol. The van der Waals surface area contributed by atoms with E-state index < -0.39 is 0 Å².